The largest absolute Gasteiger partial charge is 0.294 e. The molecule has 0 heterocycles. The van der Waals surface area contributed by atoms with Crippen LogP contribution in [0.1, 0.15) is 32.1 Å². The van der Waals surface area contributed by atoms with E-state index in [2.05, 4.69) is 50.0 Å². The Morgan fingerprint density at radius 3 is 2.50 bits per heavy atom. The highest BCUT2D eigenvalue weighted by atomic mass is 28.3. The highest BCUT2D eigenvalue weighted by Crippen LogP contribution is 2.23. The maximum atomic E-state index is 12.4. The van der Waals surface area contributed by atoms with Crippen molar-refractivity contribution < 1.29 is 4.79 Å². The van der Waals surface area contributed by atoms with Crippen molar-refractivity contribution in [2.24, 2.45) is 0 Å². The lowest BCUT2D eigenvalue weighted by Crippen LogP contribution is -2.44. The van der Waals surface area contributed by atoms with Crippen molar-refractivity contribution in [1.29, 1.82) is 0 Å². The van der Waals surface area contributed by atoms with E-state index in [0.29, 0.717) is 12.2 Å². The Morgan fingerprint density at radius 1 is 1.20 bits per heavy atom. The summed E-state index contributed by atoms with van der Waals surface area (Å²) < 4.78 is 0. The molecule has 1 aromatic rings. The Morgan fingerprint density at radius 2 is 1.90 bits per heavy atom. The Hall–Kier alpha value is -1.41. The maximum absolute atomic E-state index is 12.4. The van der Waals surface area contributed by atoms with Crippen LogP contribution in [0.25, 0.3) is 0 Å². The summed E-state index contributed by atoms with van der Waals surface area (Å²) in [5.41, 5.74) is 1.04. The van der Waals surface area contributed by atoms with Gasteiger partial charge in [0.25, 0.3) is 0 Å². The first-order valence-electron chi connectivity index (χ1n) is 7.48. The van der Waals surface area contributed by atoms with Crippen LogP contribution in [0.15, 0.2) is 53.8 Å². The van der Waals surface area contributed by atoms with Gasteiger partial charge in [-0.3, -0.25) is 4.79 Å². The van der Waals surface area contributed by atoms with Gasteiger partial charge in [0.05, 0.1) is 0 Å². The first kappa shape index (κ1) is 15.0. The van der Waals surface area contributed by atoms with Crippen molar-refractivity contribution in [3.8, 4) is 0 Å². The van der Waals surface area contributed by atoms with Gasteiger partial charge in [-0.1, -0.05) is 59.9 Å². The van der Waals surface area contributed by atoms with Crippen molar-refractivity contribution in [2.45, 2.75) is 45.2 Å². The quantitative estimate of drug-likeness (QED) is 0.742. The van der Waals surface area contributed by atoms with E-state index in [9.17, 15) is 4.79 Å². The second-order valence-electron chi connectivity index (χ2n) is 6.17. The van der Waals surface area contributed by atoms with Crippen LogP contribution in [0.3, 0.4) is 0 Å². The number of ketones is 1. The number of carbonyl (C=O) groups is 1. The minimum absolute atomic E-state index is 0.297. The zero-order valence-corrected chi connectivity index (χ0v) is 13.6. The average Bonchev–Trinajstić information content (AvgIpc) is 2.49. The smallest absolute Gasteiger partial charge is 0.162 e. The fourth-order valence-electron chi connectivity index (χ4n) is 2.68. The van der Waals surface area contributed by atoms with Gasteiger partial charge < -0.3 is 0 Å². The van der Waals surface area contributed by atoms with Crippen LogP contribution in [0, 0.1) is 0 Å². The lowest BCUT2D eigenvalue weighted by atomic mass is 9.95. The summed E-state index contributed by atoms with van der Waals surface area (Å²) in [5, 5.41) is 2.50. The van der Waals surface area contributed by atoms with Crippen LogP contribution in [0.2, 0.25) is 13.1 Å². The summed E-state index contributed by atoms with van der Waals surface area (Å²) in [6, 6.07) is 10.5. The number of allylic oxidation sites excluding steroid dienone is 3. The molecule has 0 aliphatic heterocycles. The zero-order valence-electron chi connectivity index (χ0n) is 12.6. The van der Waals surface area contributed by atoms with E-state index in [4.69, 9.17) is 0 Å². The molecule has 0 saturated carbocycles. The van der Waals surface area contributed by atoms with Gasteiger partial charge in [-0.2, -0.15) is 0 Å². The second kappa shape index (κ2) is 6.36. The molecule has 2 rings (SSSR count). The number of hydrogen-bond acceptors (Lipinski definition) is 1. The number of Topliss-reactive ketones (excluding diaryl/α,β-unsaturated/α-hetero) is 1. The summed E-state index contributed by atoms with van der Waals surface area (Å²) in [6.07, 6.45) is 7.06. The predicted octanol–water partition coefficient (Wildman–Crippen LogP) is 4.16. The van der Waals surface area contributed by atoms with E-state index in [-0.39, 0.29) is 0 Å². The van der Waals surface area contributed by atoms with Gasteiger partial charge in [0, 0.05) is 6.42 Å². The van der Waals surface area contributed by atoms with Crippen molar-refractivity contribution in [1.82, 2.24) is 0 Å². The SMILES string of the molecule is C=C(CC(=O)C1=CCCCC1)[Si](C)(C)c1ccccc1. The topological polar surface area (TPSA) is 17.1 Å². The molecular weight excluding hydrogens is 260 g/mol. The minimum atomic E-state index is -1.75. The molecule has 0 aromatic heterocycles. The summed E-state index contributed by atoms with van der Waals surface area (Å²) in [7, 11) is -1.75. The van der Waals surface area contributed by atoms with Crippen molar-refractivity contribution >= 4 is 19.0 Å². The van der Waals surface area contributed by atoms with E-state index >= 15 is 0 Å². The molecule has 1 aromatic carbocycles. The van der Waals surface area contributed by atoms with Crippen LogP contribution in [-0.4, -0.2) is 13.9 Å². The average molecular weight is 284 g/mol. The summed E-state index contributed by atoms with van der Waals surface area (Å²) in [6.45, 7) is 8.82. The molecule has 0 bridgehead atoms. The van der Waals surface area contributed by atoms with Crippen molar-refractivity contribution in [3.63, 3.8) is 0 Å². The molecule has 0 unspecified atom stereocenters. The van der Waals surface area contributed by atoms with Gasteiger partial charge in [-0.05, 0) is 31.3 Å². The molecule has 0 radical (unpaired) electrons. The Bertz CT molecular complexity index is 526. The summed E-state index contributed by atoms with van der Waals surface area (Å²) in [5.74, 6) is 0.297. The molecule has 0 saturated heterocycles. The number of hydrogen-bond donors (Lipinski definition) is 0. The van der Waals surface area contributed by atoms with E-state index in [0.717, 1.165) is 30.0 Å². The molecule has 0 amide bonds. The van der Waals surface area contributed by atoms with Crippen LogP contribution in [-0.2, 0) is 4.79 Å². The Kier molecular flexibility index (Phi) is 4.76. The molecule has 0 fully saturated rings. The third kappa shape index (κ3) is 3.37. The van der Waals surface area contributed by atoms with Gasteiger partial charge >= 0.3 is 0 Å². The molecule has 20 heavy (non-hydrogen) atoms. The monoisotopic (exact) mass is 284 g/mol. The molecule has 106 valence electrons. The zero-order chi connectivity index (χ0) is 14.6. The predicted molar refractivity (Wildman–Crippen MR) is 88.9 cm³/mol. The van der Waals surface area contributed by atoms with Crippen LogP contribution in [0.4, 0.5) is 0 Å². The Balaban J connectivity index is 2.08. The van der Waals surface area contributed by atoms with E-state index in [1.54, 1.807) is 0 Å². The van der Waals surface area contributed by atoms with Crippen LogP contribution < -0.4 is 5.19 Å². The van der Waals surface area contributed by atoms with Gasteiger partial charge in [-0.25, -0.2) is 0 Å². The second-order valence-corrected chi connectivity index (χ2v) is 10.7. The fraction of sp³-hybridized carbons (Fsp3) is 0.389. The van der Waals surface area contributed by atoms with E-state index < -0.39 is 8.07 Å². The first-order chi connectivity index (χ1) is 9.51. The molecule has 1 aliphatic carbocycles. The molecular formula is C18H24OSi. The first-order valence-corrected chi connectivity index (χ1v) is 10.5. The van der Waals surface area contributed by atoms with Gasteiger partial charge in [-0.15, -0.1) is 6.58 Å². The number of benzene rings is 1. The molecule has 0 atom stereocenters. The van der Waals surface area contributed by atoms with Crippen molar-refractivity contribution in [2.75, 3.05) is 0 Å². The molecule has 1 aliphatic rings. The third-order valence-corrected chi connectivity index (χ3v) is 8.12. The van der Waals surface area contributed by atoms with Gasteiger partial charge in [0.15, 0.2) is 5.78 Å². The summed E-state index contributed by atoms with van der Waals surface area (Å²) in [4.78, 5) is 12.4. The van der Waals surface area contributed by atoms with Crippen molar-refractivity contribution in [3.05, 3.63) is 53.8 Å². The minimum Gasteiger partial charge on any atom is -0.294 e. The third-order valence-electron chi connectivity index (χ3n) is 4.40. The normalized spacial score (nSPS) is 15.6. The Labute approximate surface area is 123 Å². The van der Waals surface area contributed by atoms with Gasteiger partial charge in [0.2, 0.25) is 0 Å². The number of carbonyl (C=O) groups excluding carboxylic acids is 1. The highest BCUT2D eigenvalue weighted by molar-refractivity contribution is 6.95. The molecule has 1 nitrogen and oxygen atoms in total. The highest BCUT2D eigenvalue weighted by Gasteiger charge is 2.28. The lowest BCUT2D eigenvalue weighted by molar-refractivity contribution is -0.115. The summed E-state index contributed by atoms with van der Waals surface area (Å²) >= 11 is 0. The van der Waals surface area contributed by atoms with E-state index in [1.807, 2.05) is 6.07 Å². The lowest BCUT2D eigenvalue weighted by Gasteiger charge is -2.26. The maximum Gasteiger partial charge on any atom is 0.162 e. The standard InChI is InChI=1S/C18H24OSi/c1-15(14-18(19)16-10-6-4-7-11-16)20(2,3)17-12-8-5-9-13-17/h5,8-10,12-13H,1,4,6-7,11,14H2,2-3H3. The molecule has 0 N–H and O–H groups in total. The number of rotatable bonds is 5. The molecule has 0 spiro atoms. The van der Waals surface area contributed by atoms with E-state index in [1.165, 1.54) is 11.6 Å². The van der Waals surface area contributed by atoms with Crippen LogP contribution >= 0.6 is 0 Å². The van der Waals surface area contributed by atoms with Crippen LogP contribution in [0.5, 0.6) is 0 Å². The van der Waals surface area contributed by atoms with Gasteiger partial charge in [0.1, 0.15) is 8.07 Å². The fourth-order valence-corrected chi connectivity index (χ4v) is 4.72. The molecule has 2 heteroatoms.